The van der Waals surface area contributed by atoms with Crippen LogP contribution in [0.1, 0.15) is 99.8 Å². The number of phenols is 1. The van der Waals surface area contributed by atoms with Crippen molar-refractivity contribution in [3.05, 3.63) is 75.6 Å². The first kappa shape index (κ1) is 36.1. The molecule has 4 aliphatic rings. The van der Waals surface area contributed by atoms with E-state index in [1.807, 2.05) is 0 Å². The Bertz CT molecular complexity index is 1660. The first-order chi connectivity index (χ1) is 24.3. The van der Waals surface area contributed by atoms with Crippen molar-refractivity contribution < 1.29 is 24.5 Å². The number of phenolic OH excluding ortho intramolecular Hbond substituents is 1. The standard InChI is InChI=1S/C40H54N4O6/c45-33-15-13-31(32-14-16-37(48)43-38(32)33)34(46)26-41-21-5-2-6-22-42-36(47)12-8-10-28-9-7-11-30(25-28)40(19-3-1-4-20-40)39(49)50-35-27-44-23-17-29(35)18-24-44/h7,9,11,13-16,25,29,34-35,41,45-46H,1-6,8,10,12,17-24,26-27H2,(H,42,47)(H,43,48)/t34-,35+/m1/s1. The number of nitrogens with one attached hydrogen (secondary N) is 3. The predicted molar refractivity (Wildman–Crippen MR) is 194 cm³/mol. The number of unbranched alkanes of at least 4 members (excludes halogenated alkanes) is 2. The third kappa shape index (κ3) is 8.76. The molecule has 0 spiro atoms. The zero-order chi connectivity index (χ0) is 34.9. The second-order valence-electron chi connectivity index (χ2n) is 14.7. The number of carbonyl (C=O) groups excluding carboxylic acids is 2. The zero-order valence-corrected chi connectivity index (χ0v) is 29.3. The van der Waals surface area contributed by atoms with Crippen LogP contribution in [-0.2, 0) is 26.2 Å². The van der Waals surface area contributed by atoms with E-state index in [-0.39, 0.29) is 29.3 Å². The molecule has 1 aliphatic carbocycles. The minimum atomic E-state index is -0.782. The van der Waals surface area contributed by atoms with Crippen molar-refractivity contribution in [1.82, 2.24) is 20.5 Å². The molecule has 3 saturated heterocycles. The fourth-order valence-electron chi connectivity index (χ4n) is 8.30. The van der Waals surface area contributed by atoms with Crippen molar-refractivity contribution >= 4 is 22.8 Å². The van der Waals surface area contributed by atoms with Crippen LogP contribution in [0.4, 0.5) is 0 Å². The Morgan fingerprint density at radius 2 is 1.78 bits per heavy atom. The summed E-state index contributed by atoms with van der Waals surface area (Å²) in [4.78, 5) is 43.1. The summed E-state index contributed by atoms with van der Waals surface area (Å²) in [5.41, 5.74) is 2.36. The number of aryl methyl sites for hydroxylation is 1. The summed E-state index contributed by atoms with van der Waals surface area (Å²) in [6.07, 6.45) is 11.2. The molecule has 3 aliphatic heterocycles. The van der Waals surface area contributed by atoms with Gasteiger partial charge in [0.2, 0.25) is 11.5 Å². The van der Waals surface area contributed by atoms with Crippen molar-refractivity contribution in [2.24, 2.45) is 5.92 Å². The number of benzene rings is 2. The molecule has 270 valence electrons. The summed E-state index contributed by atoms with van der Waals surface area (Å²) in [5, 5.41) is 27.7. The number of aliphatic hydroxyl groups excluding tert-OH is 1. The van der Waals surface area contributed by atoms with E-state index in [1.165, 1.54) is 17.7 Å². The van der Waals surface area contributed by atoms with Gasteiger partial charge < -0.3 is 30.6 Å². The maximum Gasteiger partial charge on any atom is 0.316 e. The smallest absolute Gasteiger partial charge is 0.316 e. The average Bonchev–Trinajstić information content (AvgIpc) is 3.14. The van der Waals surface area contributed by atoms with Crippen LogP contribution in [0.15, 0.2) is 53.3 Å². The largest absolute Gasteiger partial charge is 0.506 e. The highest BCUT2D eigenvalue weighted by Gasteiger charge is 2.45. The average molecular weight is 687 g/mol. The lowest BCUT2D eigenvalue weighted by atomic mass is 9.69. The fourth-order valence-corrected chi connectivity index (χ4v) is 8.30. The van der Waals surface area contributed by atoms with Crippen molar-refractivity contribution in [3.8, 4) is 5.75 Å². The molecule has 10 heteroatoms. The third-order valence-electron chi connectivity index (χ3n) is 11.3. The molecule has 0 radical (unpaired) electrons. The summed E-state index contributed by atoms with van der Waals surface area (Å²) >= 11 is 0. The summed E-state index contributed by atoms with van der Waals surface area (Å²) in [5.74, 6) is 0.513. The number of rotatable bonds is 16. The molecule has 1 saturated carbocycles. The van der Waals surface area contributed by atoms with E-state index in [0.29, 0.717) is 41.9 Å². The second-order valence-corrected chi connectivity index (χ2v) is 14.7. The first-order valence-electron chi connectivity index (χ1n) is 18.9. The lowest BCUT2D eigenvalue weighted by Crippen LogP contribution is -2.53. The van der Waals surface area contributed by atoms with Gasteiger partial charge in [0.05, 0.1) is 17.0 Å². The van der Waals surface area contributed by atoms with Gasteiger partial charge in [-0.3, -0.25) is 19.3 Å². The van der Waals surface area contributed by atoms with Crippen LogP contribution in [0.25, 0.3) is 10.9 Å². The number of carbonyl (C=O) groups is 2. The fraction of sp³-hybridized carbons (Fsp3) is 0.575. The van der Waals surface area contributed by atoms with E-state index >= 15 is 0 Å². The molecule has 2 aromatic carbocycles. The monoisotopic (exact) mass is 686 g/mol. The van der Waals surface area contributed by atoms with E-state index in [0.717, 1.165) is 109 Å². The Kier molecular flexibility index (Phi) is 12.3. The topological polar surface area (TPSA) is 144 Å². The van der Waals surface area contributed by atoms with E-state index in [4.69, 9.17) is 4.74 Å². The quantitative estimate of drug-likeness (QED) is 0.105. The molecule has 50 heavy (non-hydrogen) atoms. The minimum absolute atomic E-state index is 0.0238. The van der Waals surface area contributed by atoms with Gasteiger partial charge >= 0.3 is 5.97 Å². The molecule has 2 bridgehead atoms. The highest BCUT2D eigenvalue weighted by Crippen LogP contribution is 2.42. The number of hydrogen-bond acceptors (Lipinski definition) is 8. The van der Waals surface area contributed by atoms with Gasteiger partial charge in [-0.25, -0.2) is 0 Å². The molecular weight excluding hydrogens is 632 g/mol. The Morgan fingerprint density at radius 3 is 2.56 bits per heavy atom. The Hall–Kier alpha value is -3.73. The third-order valence-corrected chi connectivity index (χ3v) is 11.3. The van der Waals surface area contributed by atoms with Crippen molar-refractivity contribution in [1.29, 1.82) is 0 Å². The lowest BCUT2D eigenvalue weighted by molar-refractivity contribution is -0.167. The van der Waals surface area contributed by atoms with Gasteiger partial charge in [0.15, 0.2) is 0 Å². The van der Waals surface area contributed by atoms with Crippen LogP contribution in [0.2, 0.25) is 0 Å². The maximum absolute atomic E-state index is 13.9. The predicted octanol–water partition coefficient (Wildman–Crippen LogP) is 5.01. The molecule has 0 unspecified atom stereocenters. The van der Waals surface area contributed by atoms with Gasteiger partial charge in [0.25, 0.3) is 0 Å². The van der Waals surface area contributed by atoms with Crippen LogP contribution in [0, 0.1) is 5.92 Å². The molecule has 1 aromatic heterocycles. The van der Waals surface area contributed by atoms with Crippen LogP contribution in [0.5, 0.6) is 5.75 Å². The zero-order valence-electron chi connectivity index (χ0n) is 29.3. The number of nitrogens with zero attached hydrogens (tertiary/aromatic N) is 1. The number of aromatic amines is 1. The van der Waals surface area contributed by atoms with Crippen molar-refractivity contribution in [2.45, 2.75) is 101 Å². The number of H-pyrrole nitrogens is 1. The summed E-state index contributed by atoms with van der Waals surface area (Å²) in [7, 11) is 0. The first-order valence-corrected chi connectivity index (χ1v) is 18.9. The molecular formula is C40H54N4O6. The summed E-state index contributed by atoms with van der Waals surface area (Å²) < 4.78 is 6.33. The van der Waals surface area contributed by atoms with Crippen LogP contribution in [0.3, 0.4) is 0 Å². The Labute approximate surface area is 295 Å². The van der Waals surface area contributed by atoms with Crippen LogP contribution in [-0.4, -0.2) is 77.3 Å². The number of amides is 1. The van der Waals surface area contributed by atoms with Gasteiger partial charge in [-0.05, 0) is 106 Å². The Balaban J connectivity index is 0.878. The molecule has 4 heterocycles. The van der Waals surface area contributed by atoms with E-state index < -0.39 is 11.5 Å². The van der Waals surface area contributed by atoms with Gasteiger partial charge in [0.1, 0.15) is 11.9 Å². The van der Waals surface area contributed by atoms with Crippen LogP contribution < -0.4 is 16.2 Å². The number of aromatic nitrogens is 1. The normalized spacial score (nSPS) is 21.9. The van der Waals surface area contributed by atoms with Gasteiger partial charge in [-0.1, -0.05) is 56.0 Å². The molecule has 4 fully saturated rings. The molecule has 1 amide bonds. The second kappa shape index (κ2) is 17.0. The van der Waals surface area contributed by atoms with E-state index in [9.17, 15) is 24.6 Å². The molecule has 2 atom stereocenters. The number of aliphatic hydroxyl groups is 1. The van der Waals surface area contributed by atoms with Gasteiger partial charge in [-0.15, -0.1) is 0 Å². The molecule has 10 nitrogen and oxygen atoms in total. The summed E-state index contributed by atoms with van der Waals surface area (Å²) in [6, 6.07) is 14.6. The van der Waals surface area contributed by atoms with Crippen molar-refractivity contribution in [2.75, 3.05) is 39.3 Å². The highest BCUT2D eigenvalue weighted by molar-refractivity contribution is 5.87. The number of hydrogen-bond donors (Lipinski definition) is 5. The number of pyridine rings is 1. The SMILES string of the molecule is O=C(CCCc1cccc(C2(C(=O)O[C@H]3CN4CCC3CC4)CCCCC2)c1)NCCCCCNC[C@@H](O)c1ccc(O)c2[nH]c(=O)ccc12. The van der Waals surface area contributed by atoms with E-state index in [1.54, 1.807) is 12.1 Å². The molecule has 5 N–H and O–H groups in total. The molecule has 7 rings (SSSR count). The minimum Gasteiger partial charge on any atom is -0.506 e. The number of ether oxygens (including phenoxy) is 1. The van der Waals surface area contributed by atoms with Gasteiger partial charge in [0, 0.05) is 37.5 Å². The molecule has 3 aromatic rings. The maximum atomic E-state index is 13.9. The summed E-state index contributed by atoms with van der Waals surface area (Å²) in [6.45, 7) is 4.86. The van der Waals surface area contributed by atoms with Gasteiger partial charge in [-0.2, -0.15) is 0 Å². The number of fused-ring (bicyclic) bond motifs is 4. The Morgan fingerprint density at radius 1 is 0.980 bits per heavy atom. The highest BCUT2D eigenvalue weighted by atomic mass is 16.5. The lowest BCUT2D eigenvalue weighted by Gasteiger charge is -2.45. The van der Waals surface area contributed by atoms with Crippen LogP contribution >= 0.6 is 0 Å². The number of piperidine rings is 3. The number of aromatic hydroxyl groups is 1. The van der Waals surface area contributed by atoms with Crippen molar-refractivity contribution in [3.63, 3.8) is 0 Å². The van der Waals surface area contributed by atoms with E-state index in [2.05, 4.69) is 44.8 Å². The number of esters is 1.